The topological polar surface area (TPSA) is 17.1 Å². The molecule has 1 aliphatic carbocycles. The van der Waals surface area contributed by atoms with Gasteiger partial charge in [-0.1, -0.05) is 6.92 Å². The van der Waals surface area contributed by atoms with Gasteiger partial charge >= 0.3 is 0 Å². The molecule has 0 unspecified atom stereocenters. The molecule has 0 aromatic carbocycles. The van der Waals surface area contributed by atoms with Crippen LogP contribution < -0.4 is 0 Å². The van der Waals surface area contributed by atoms with Gasteiger partial charge < -0.3 is 0 Å². The maximum atomic E-state index is 11.4. The number of hydrogen-bond donors (Lipinski definition) is 0. The standard InChI is InChI=1S/C12H16OS/c1-3-10-4-5-11(14-10)8-12(6-7-12)9(2)13/h4-5H,3,6-8H2,1-2H3. The summed E-state index contributed by atoms with van der Waals surface area (Å²) in [5.41, 5.74) is 0.0376. The fourth-order valence-corrected chi connectivity index (χ4v) is 2.95. The molecule has 14 heavy (non-hydrogen) atoms. The number of Topliss-reactive ketones (excluding diaryl/α,β-unsaturated/α-hetero) is 1. The minimum Gasteiger partial charge on any atom is -0.299 e. The van der Waals surface area contributed by atoms with E-state index >= 15 is 0 Å². The molecule has 1 nitrogen and oxygen atoms in total. The molecule has 1 aromatic rings. The van der Waals surface area contributed by atoms with E-state index in [9.17, 15) is 4.79 Å². The van der Waals surface area contributed by atoms with Crippen molar-refractivity contribution in [1.29, 1.82) is 0 Å². The van der Waals surface area contributed by atoms with E-state index in [0.29, 0.717) is 5.78 Å². The smallest absolute Gasteiger partial charge is 0.136 e. The molecule has 76 valence electrons. The minimum atomic E-state index is 0.0376. The lowest BCUT2D eigenvalue weighted by molar-refractivity contribution is -0.121. The summed E-state index contributed by atoms with van der Waals surface area (Å²) in [5.74, 6) is 0.379. The normalized spacial score (nSPS) is 18.1. The number of thiophene rings is 1. The highest BCUT2D eigenvalue weighted by Gasteiger charge is 2.47. The SMILES string of the molecule is CCc1ccc(CC2(C(C)=O)CC2)s1. The molecule has 1 fully saturated rings. The average molecular weight is 208 g/mol. The molecule has 0 saturated heterocycles. The van der Waals surface area contributed by atoms with Crippen molar-refractivity contribution >= 4 is 17.1 Å². The predicted octanol–water partition coefficient (Wildman–Crippen LogP) is 3.22. The summed E-state index contributed by atoms with van der Waals surface area (Å²) >= 11 is 1.86. The minimum absolute atomic E-state index is 0.0376. The Hall–Kier alpha value is -0.630. The van der Waals surface area contributed by atoms with E-state index in [0.717, 1.165) is 25.7 Å². The summed E-state index contributed by atoms with van der Waals surface area (Å²) in [4.78, 5) is 14.2. The van der Waals surface area contributed by atoms with Crippen molar-refractivity contribution in [2.24, 2.45) is 5.41 Å². The fraction of sp³-hybridized carbons (Fsp3) is 0.583. The van der Waals surface area contributed by atoms with Gasteiger partial charge in [-0.25, -0.2) is 0 Å². The number of carbonyl (C=O) groups excluding carboxylic acids is 1. The van der Waals surface area contributed by atoms with Crippen LogP contribution >= 0.6 is 11.3 Å². The second-order valence-electron chi connectivity index (χ2n) is 4.23. The van der Waals surface area contributed by atoms with Gasteiger partial charge in [0.25, 0.3) is 0 Å². The molecule has 1 aliphatic rings. The van der Waals surface area contributed by atoms with Crippen LogP contribution in [0.25, 0.3) is 0 Å². The van der Waals surface area contributed by atoms with E-state index in [1.54, 1.807) is 6.92 Å². The molecule has 0 aliphatic heterocycles. The zero-order valence-corrected chi connectivity index (χ0v) is 9.62. The zero-order chi connectivity index (χ0) is 10.2. The Bertz CT molecular complexity index is 347. The van der Waals surface area contributed by atoms with Gasteiger partial charge in [0.15, 0.2) is 0 Å². The van der Waals surface area contributed by atoms with Crippen LogP contribution in [0.2, 0.25) is 0 Å². The quantitative estimate of drug-likeness (QED) is 0.742. The summed E-state index contributed by atoms with van der Waals surface area (Å²) in [7, 11) is 0. The van der Waals surface area contributed by atoms with Crippen LogP contribution in [0, 0.1) is 5.41 Å². The molecule has 0 atom stereocenters. The Labute approximate surface area is 89.1 Å². The van der Waals surface area contributed by atoms with Crippen LogP contribution in [0.1, 0.15) is 36.4 Å². The Morgan fingerprint density at radius 3 is 2.50 bits per heavy atom. The molecule has 0 bridgehead atoms. The van der Waals surface area contributed by atoms with Gasteiger partial charge in [0.1, 0.15) is 5.78 Å². The second-order valence-corrected chi connectivity index (χ2v) is 5.49. The van der Waals surface area contributed by atoms with Gasteiger partial charge in [-0.3, -0.25) is 4.79 Å². The van der Waals surface area contributed by atoms with E-state index in [-0.39, 0.29) is 5.41 Å². The van der Waals surface area contributed by atoms with Gasteiger partial charge in [-0.15, -0.1) is 11.3 Å². The number of rotatable bonds is 4. The van der Waals surface area contributed by atoms with Crippen LogP contribution in [0.5, 0.6) is 0 Å². The Kier molecular flexibility index (Phi) is 2.48. The molecule has 2 heteroatoms. The summed E-state index contributed by atoms with van der Waals surface area (Å²) in [6.07, 6.45) is 4.29. The first kappa shape index (κ1) is 9.91. The predicted molar refractivity (Wildman–Crippen MR) is 59.7 cm³/mol. The van der Waals surface area contributed by atoms with Crippen LogP contribution in [0.3, 0.4) is 0 Å². The van der Waals surface area contributed by atoms with E-state index in [1.807, 2.05) is 11.3 Å². The third-order valence-electron chi connectivity index (χ3n) is 3.18. The van der Waals surface area contributed by atoms with E-state index in [2.05, 4.69) is 19.1 Å². The summed E-state index contributed by atoms with van der Waals surface area (Å²) in [5, 5.41) is 0. The Balaban J connectivity index is 2.07. The molecular formula is C12H16OS. The number of aryl methyl sites for hydroxylation is 1. The molecule has 1 aromatic heterocycles. The molecule has 0 N–H and O–H groups in total. The van der Waals surface area contributed by atoms with Crippen molar-refractivity contribution in [2.75, 3.05) is 0 Å². The largest absolute Gasteiger partial charge is 0.299 e. The molecule has 0 spiro atoms. The lowest BCUT2D eigenvalue weighted by Crippen LogP contribution is -2.14. The molecule has 0 amide bonds. The van der Waals surface area contributed by atoms with E-state index in [1.165, 1.54) is 9.75 Å². The first-order valence-corrected chi connectivity index (χ1v) is 6.06. The van der Waals surface area contributed by atoms with Crippen molar-refractivity contribution < 1.29 is 4.79 Å². The van der Waals surface area contributed by atoms with Gasteiger partial charge in [0.2, 0.25) is 0 Å². The van der Waals surface area contributed by atoms with Gasteiger partial charge in [0, 0.05) is 15.2 Å². The van der Waals surface area contributed by atoms with Crippen LogP contribution in [0.4, 0.5) is 0 Å². The van der Waals surface area contributed by atoms with E-state index < -0.39 is 0 Å². The summed E-state index contributed by atoms with van der Waals surface area (Å²) < 4.78 is 0. The van der Waals surface area contributed by atoms with Crippen molar-refractivity contribution in [2.45, 2.75) is 39.5 Å². The number of carbonyl (C=O) groups is 1. The van der Waals surface area contributed by atoms with Gasteiger partial charge in [-0.2, -0.15) is 0 Å². The van der Waals surface area contributed by atoms with Crippen molar-refractivity contribution in [3.63, 3.8) is 0 Å². The zero-order valence-electron chi connectivity index (χ0n) is 8.80. The highest BCUT2D eigenvalue weighted by atomic mass is 32.1. The lowest BCUT2D eigenvalue weighted by atomic mass is 9.97. The third-order valence-corrected chi connectivity index (χ3v) is 4.41. The number of hydrogen-bond acceptors (Lipinski definition) is 2. The maximum Gasteiger partial charge on any atom is 0.136 e. The summed E-state index contributed by atoms with van der Waals surface area (Å²) in [6, 6.07) is 4.38. The molecule has 0 radical (unpaired) electrons. The van der Waals surface area contributed by atoms with Crippen LogP contribution in [0.15, 0.2) is 12.1 Å². The molecular weight excluding hydrogens is 192 g/mol. The monoisotopic (exact) mass is 208 g/mol. The van der Waals surface area contributed by atoms with Gasteiger partial charge in [-0.05, 0) is 44.7 Å². The van der Waals surface area contributed by atoms with Crippen LogP contribution in [-0.2, 0) is 17.6 Å². The highest BCUT2D eigenvalue weighted by molar-refractivity contribution is 7.12. The number of ketones is 1. The molecule has 2 rings (SSSR count). The molecule has 1 saturated carbocycles. The van der Waals surface area contributed by atoms with E-state index in [4.69, 9.17) is 0 Å². The average Bonchev–Trinajstić information content (AvgIpc) is 2.78. The van der Waals surface area contributed by atoms with Crippen molar-refractivity contribution in [3.8, 4) is 0 Å². The van der Waals surface area contributed by atoms with Gasteiger partial charge in [0.05, 0.1) is 0 Å². The second kappa shape index (κ2) is 3.50. The summed E-state index contributed by atoms with van der Waals surface area (Å²) in [6.45, 7) is 3.91. The lowest BCUT2D eigenvalue weighted by Gasteiger charge is -2.08. The first-order chi connectivity index (χ1) is 6.66. The first-order valence-electron chi connectivity index (χ1n) is 5.25. The maximum absolute atomic E-state index is 11.4. The fourth-order valence-electron chi connectivity index (χ4n) is 1.85. The van der Waals surface area contributed by atoms with Crippen molar-refractivity contribution in [3.05, 3.63) is 21.9 Å². The Morgan fingerprint density at radius 1 is 1.43 bits per heavy atom. The third kappa shape index (κ3) is 1.76. The Morgan fingerprint density at radius 2 is 2.07 bits per heavy atom. The van der Waals surface area contributed by atoms with Crippen molar-refractivity contribution in [1.82, 2.24) is 0 Å². The molecule has 1 heterocycles. The highest BCUT2D eigenvalue weighted by Crippen LogP contribution is 2.49. The van der Waals surface area contributed by atoms with Crippen LogP contribution in [-0.4, -0.2) is 5.78 Å².